The molecule has 38 heavy (non-hydrogen) atoms. The number of carbonyl (C=O) groups excluding carboxylic acids is 2. The number of ether oxygens (including phenoxy) is 1. The Morgan fingerprint density at radius 3 is 2.34 bits per heavy atom. The summed E-state index contributed by atoms with van der Waals surface area (Å²) >= 11 is 0. The third-order valence-corrected chi connectivity index (χ3v) is 8.36. The summed E-state index contributed by atoms with van der Waals surface area (Å²) < 4.78 is 34.1. The van der Waals surface area contributed by atoms with Crippen molar-refractivity contribution in [1.29, 1.82) is 0 Å². The van der Waals surface area contributed by atoms with E-state index in [0.29, 0.717) is 43.8 Å². The summed E-state index contributed by atoms with van der Waals surface area (Å²) in [5.41, 5.74) is 2.30. The predicted octanol–water partition coefficient (Wildman–Crippen LogP) is 2.80. The zero-order chi connectivity index (χ0) is 26.8. The van der Waals surface area contributed by atoms with E-state index >= 15 is 0 Å². The van der Waals surface area contributed by atoms with E-state index in [9.17, 15) is 23.2 Å². The number of aromatic nitrogens is 1. The van der Waals surface area contributed by atoms with Crippen molar-refractivity contribution in [3.05, 3.63) is 54.4 Å². The van der Waals surface area contributed by atoms with Crippen molar-refractivity contribution in [3.8, 4) is 5.75 Å². The van der Waals surface area contributed by atoms with Crippen LogP contribution in [-0.2, 0) is 21.4 Å². The van der Waals surface area contributed by atoms with Crippen molar-refractivity contribution < 1.29 is 28.0 Å². The summed E-state index contributed by atoms with van der Waals surface area (Å²) in [5, 5.41) is 12.5. The Morgan fingerprint density at radius 2 is 1.79 bits per heavy atom. The highest BCUT2D eigenvalue weighted by Crippen LogP contribution is 2.31. The summed E-state index contributed by atoms with van der Waals surface area (Å²) in [6, 6.07) is 7.89. The van der Waals surface area contributed by atoms with Crippen molar-refractivity contribution in [1.82, 2.24) is 25.0 Å². The normalized spacial score (nSPS) is 14.9. The second kappa shape index (κ2) is 14.9. The van der Waals surface area contributed by atoms with Gasteiger partial charge in [0.2, 0.25) is 10.0 Å². The fourth-order valence-corrected chi connectivity index (χ4v) is 6.07. The smallest absolute Gasteiger partial charge is 0.317 e. The maximum atomic E-state index is 13.9. The van der Waals surface area contributed by atoms with E-state index in [4.69, 9.17) is 4.74 Å². The number of nitrogens with zero attached hydrogens (tertiary/aromatic N) is 3. The minimum absolute atomic E-state index is 0. The SMILES string of the molecule is CCCCNC(=O)N1CCC([C@H](C(=O)NO)N(Cc2ccncc2)S(=O)(=O)c2ccc(OC)cc2)CC1.Cl. The number of methoxy groups -OCH3 is 1. The molecule has 1 aromatic carbocycles. The van der Waals surface area contributed by atoms with E-state index in [1.165, 1.54) is 31.4 Å². The molecule has 1 aliphatic rings. The van der Waals surface area contributed by atoms with Crippen molar-refractivity contribution in [2.75, 3.05) is 26.7 Å². The molecule has 2 aromatic rings. The molecule has 1 saturated heterocycles. The number of halogens is 1. The minimum atomic E-state index is -4.18. The zero-order valence-electron chi connectivity index (χ0n) is 21.6. The van der Waals surface area contributed by atoms with Crippen molar-refractivity contribution in [2.45, 2.75) is 50.1 Å². The first kappa shape index (κ1) is 31.3. The molecule has 0 radical (unpaired) electrons. The highest BCUT2D eigenvalue weighted by atomic mass is 35.5. The fourth-order valence-electron chi connectivity index (χ4n) is 4.43. The second-order valence-electron chi connectivity index (χ2n) is 8.91. The molecule has 11 nitrogen and oxygen atoms in total. The van der Waals surface area contributed by atoms with Gasteiger partial charge in [-0.1, -0.05) is 13.3 Å². The molecule has 2 heterocycles. The number of sulfonamides is 1. The molecule has 0 bridgehead atoms. The number of amides is 3. The Bertz CT molecular complexity index is 1130. The van der Waals surface area contributed by atoms with Gasteiger partial charge in [0.05, 0.1) is 12.0 Å². The first-order chi connectivity index (χ1) is 17.8. The van der Waals surface area contributed by atoms with E-state index in [1.807, 2.05) is 6.92 Å². The molecule has 3 N–H and O–H groups in total. The lowest BCUT2D eigenvalue weighted by atomic mass is 9.88. The summed E-state index contributed by atoms with van der Waals surface area (Å²) in [6.07, 6.45) is 5.73. The van der Waals surface area contributed by atoms with Crippen LogP contribution in [0.25, 0.3) is 0 Å². The monoisotopic (exact) mass is 569 g/mol. The topological polar surface area (TPSA) is 141 Å². The Labute approximate surface area is 230 Å². The van der Waals surface area contributed by atoms with Crippen LogP contribution in [0.15, 0.2) is 53.7 Å². The summed E-state index contributed by atoms with van der Waals surface area (Å²) in [4.78, 5) is 31.2. The lowest BCUT2D eigenvalue weighted by Gasteiger charge is -2.39. The number of nitrogens with one attached hydrogen (secondary N) is 2. The summed E-state index contributed by atoms with van der Waals surface area (Å²) in [6.45, 7) is 3.26. The van der Waals surface area contributed by atoms with Gasteiger partial charge in [-0.05, 0) is 67.1 Å². The molecule has 13 heteroatoms. The van der Waals surface area contributed by atoms with Crippen molar-refractivity contribution in [2.24, 2.45) is 5.92 Å². The molecular formula is C25H36ClN5O6S. The number of piperidine rings is 1. The quantitative estimate of drug-likeness (QED) is 0.215. The lowest BCUT2D eigenvalue weighted by Crippen LogP contribution is -2.55. The molecule has 3 amide bonds. The number of benzene rings is 1. The number of rotatable bonds is 11. The number of hydrogen-bond acceptors (Lipinski definition) is 7. The molecule has 1 aromatic heterocycles. The first-order valence-corrected chi connectivity index (χ1v) is 13.8. The third-order valence-electron chi connectivity index (χ3n) is 6.52. The Hall–Kier alpha value is -2.93. The van der Waals surface area contributed by atoms with Crippen LogP contribution >= 0.6 is 12.4 Å². The van der Waals surface area contributed by atoms with Gasteiger partial charge in [-0.3, -0.25) is 15.0 Å². The largest absolute Gasteiger partial charge is 0.497 e. The molecule has 0 unspecified atom stereocenters. The van der Waals surface area contributed by atoms with Crippen LogP contribution < -0.4 is 15.5 Å². The number of hydrogen-bond donors (Lipinski definition) is 3. The van der Waals surface area contributed by atoms with Gasteiger partial charge in [0, 0.05) is 38.6 Å². The summed E-state index contributed by atoms with van der Waals surface area (Å²) in [7, 11) is -2.70. The average Bonchev–Trinajstić information content (AvgIpc) is 2.93. The third kappa shape index (κ3) is 7.79. The molecule has 3 rings (SSSR count). The van der Waals surface area contributed by atoms with Crippen LogP contribution in [0.2, 0.25) is 0 Å². The van der Waals surface area contributed by atoms with Gasteiger partial charge < -0.3 is 15.0 Å². The Kier molecular flexibility index (Phi) is 12.2. The number of likely N-dealkylation sites (tertiary alicyclic amines) is 1. The minimum Gasteiger partial charge on any atom is -0.497 e. The van der Waals surface area contributed by atoms with Gasteiger partial charge in [-0.25, -0.2) is 18.7 Å². The molecule has 1 aliphatic heterocycles. The van der Waals surface area contributed by atoms with E-state index in [0.717, 1.165) is 17.1 Å². The molecule has 0 spiro atoms. The van der Waals surface area contributed by atoms with E-state index in [1.54, 1.807) is 34.9 Å². The predicted molar refractivity (Wildman–Crippen MR) is 144 cm³/mol. The highest BCUT2D eigenvalue weighted by Gasteiger charge is 2.42. The number of carbonyl (C=O) groups is 2. The van der Waals surface area contributed by atoms with Gasteiger partial charge in [0.1, 0.15) is 11.8 Å². The summed E-state index contributed by atoms with van der Waals surface area (Å²) in [5.74, 6) is -0.757. The van der Waals surface area contributed by atoms with Gasteiger partial charge in [-0.2, -0.15) is 4.31 Å². The van der Waals surface area contributed by atoms with Crippen LogP contribution in [-0.4, -0.2) is 72.5 Å². The standard InChI is InChI=1S/C25H35N5O6S.ClH/c1-3-4-13-27-25(32)29-16-11-20(12-17-29)23(24(31)28-33)30(18-19-9-14-26-15-10-19)37(34,35)22-7-5-21(36-2)6-8-22;/h5-10,14-15,20,23,33H,3-4,11-13,16-18H2,1-2H3,(H,27,32)(H,28,31);1H/t23-;/m1./s1. The van der Waals surface area contributed by atoms with Crippen LogP contribution in [0.5, 0.6) is 5.75 Å². The van der Waals surface area contributed by atoms with Crippen molar-refractivity contribution >= 4 is 34.4 Å². The molecule has 1 fully saturated rings. The van der Waals surface area contributed by atoms with Crippen molar-refractivity contribution in [3.63, 3.8) is 0 Å². The zero-order valence-corrected chi connectivity index (χ0v) is 23.2. The molecule has 0 aliphatic carbocycles. The van der Waals surface area contributed by atoms with Crippen LogP contribution in [0.1, 0.15) is 38.2 Å². The van der Waals surface area contributed by atoms with E-state index in [2.05, 4.69) is 10.3 Å². The highest BCUT2D eigenvalue weighted by molar-refractivity contribution is 7.89. The molecule has 210 valence electrons. The van der Waals surface area contributed by atoms with Gasteiger partial charge in [0.15, 0.2) is 0 Å². The number of pyridine rings is 1. The maximum Gasteiger partial charge on any atom is 0.317 e. The number of hydroxylamine groups is 1. The van der Waals surface area contributed by atoms with E-state index in [-0.39, 0.29) is 29.9 Å². The molecule has 1 atom stereocenters. The lowest BCUT2D eigenvalue weighted by molar-refractivity contribution is -0.135. The molecular weight excluding hydrogens is 534 g/mol. The Morgan fingerprint density at radius 1 is 1.16 bits per heavy atom. The van der Waals surface area contributed by atoms with Crippen LogP contribution in [0.3, 0.4) is 0 Å². The van der Waals surface area contributed by atoms with E-state index < -0.39 is 27.9 Å². The molecule has 0 saturated carbocycles. The maximum absolute atomic E-state index is 13.9. The van der Waals surface area contributed by atoms with Crippen LogP contribution in [0, 0.1) is 5.92 Å². The van der Waals surface area contributed by atoms with Gasteiger partial charge in [-0.15, -0.1) is 12.4 Å². The van der Waals surface area contributed by atoms with Gasteiger partial charge >= 0.3 is 6.03 Å². The van der Waals surface area contributed by atoms with Crippen LogP contribution in [0.4, 0.5) is 4.79 Å². The average molecular weight is 570 g/mol. The number of unbranched alkanes of at least 4 members (excludes halogenated alkanes) is 1. The van der Waals surface area contributed by atoms with Gasteiger partial charge in [0.25, 0.3) is 5.91 Å². The number of urea groups is 1. The first-order valence-electron chi connectivity index (χ1n) is 12.3. The second-order valence-corrected chi connectivity index (χ2v) is 10.8. The Balaban J connectivity index is 0.00000507. The fraction of sp³-hybridized carbons (Fsp3) is 0.480.